The van der Waals surface area contributed by atoms with E-state index >= 15 is 0 Å². The van der Waals surface area contributed by atoms with Gasteiger partial charge >= 0.3 is 5.97 Å². The largest absolute Gasteiger partial charge is 0.480 e. The van der Waals surface area contributed by atoms with Crippen molar-refractivity contribution in [3.63, 3.8) is 0 Å². The molecule has 1 unspecified atom stereocenters. The van der Waals surface area contributed by atoms with Crippen LogP contribution in [0.15, 0.2) is 0 Å². The quantitative estimate of drug-likeness (QED) is 0.830. The van der Waals surface area contributed by atoms with Gasteiger partial charge in [-0.25, -0.2) is 0 Å². The number of nitrogens with two attached hydrogens (primary N) is 1. The molecule has 3 N–H and O–H groups in total. The summed E-state index contributed by atoms with van der Waals surface area (Å²) in [7, 11) is 0. The molecule has 0 heterocycles. The van der Waals surface area contributed by atoms with Crippen molar-refractivity contribution >= 4 is 18.4 Å². The van der Waals surface area contributed by atoms with Gasteiger partial charge in [0, 0.05) is 0 Å². The second kappa shape index (κ2) is 6.25. The molecule has 0 spiro atoms. The zero-order chi connectivity index (χ0) is 13.3. The summed E-state index contributed by atoms with van der Waals surface area (Å²) in [5, 5.41) is 9.03. The minimum Gasteiger partial charge on any atom is -0.480 e. The lowest BCUT2D eigenvalue weighted by molar-refractivity contribution is -0.143. The Kier molecular flexibility index (Phi) is 6.15. The van der Waals surface area contributed by atoms with E-state index < -0.39 is 11.5 Å². The van der Waals surface area contributed by atoms with Gasteiger partial charge in [0.15, 0.2) is 0 Å². The van der Waals surface area contributed by atoms with E-state index in [9.17, 15) is 4.79 Å². The molecule has 0 radical (unpaired) electrons. The number of carbonyl (C=O) groups is 1. The molecule has 0 aromatic carbocycles. The maximum absolute atomic E-state index is 11.0. The van der Waals surface area contributed by atoms with Gasteiger partial charge in [0.1, 0.15) is 5.54 Å². The molecule has 1 saturated carbocycles. The number of rotatable bonds is 3. The topological polar surface area (TPSA) is 63.3 Å². The zero-order valence-electron chi connectivity index (χ0n) is 12.0. The molecule has 108 valence electrons. The fourth-order valence-electron chi connectivity index (χ4n) is 2.92. The van der Waals surface area contributed by atoms with Gasteiger partial charge in [-0.15, -0.1) is 12.4 Å². The maximum atomic E-state index is 11.0. The summed E-state index contributed by atoms with van der Waals surface area (Å²) in [6.07, 6.45) is 5.29. The maximum Gasteiger partial charge on any atom is 0.323 e. The molecule has 3 nitrogen and oxygen atoms in total. The van der Waals surface area contributed by atoms with Gasteiger partial charge in [0.25, 0.3) is 0 Å². The molecule has 0 aliphatic heterocycles. The summed E-state index contributed by atoms with van der Waals surface area (Å²) in [4.78, 5) is 11.0. The third-order valence-corrected chi connectivity index (χ3v) is 4.27. The average Bonchev–Trinajstić information content (AvgIpc) is 2.16. The smallest absolute Gasteiger partial charge is 0.323 e. The second-order valence-electron chi connectivity index (χ2n) is 7.01. The number of carboxylic acids is 1. The zero-order valence-corrected chi connectivity index (χ0v) is 12.8. The number of hydrogen-bond acceptors (Lipinski definition) is 2. The molecule has 4 heteroatoms. The summed E-state index contributed by atoms with van der Waals surface area (Å²) in [5.41, 5.74) is 5.13. The Bertz CT molecular complexity index is 276. The van der Waals surface area contributed by atoms with Gasteiger partial charge in [-0.3, -0.25) is 4.79 Å². The van der Waals surface area contributed by atoms with Crippen LogP contribution in [0.5, 0.6) is 0 Å². The van der Waals surface area contributed by atoms with Crippen LogP contribution in [0.3, 0.4) is 0 Å². The van der Waals surface area contributed by atoms with E-state index in [1.54, 1.807) is 6.92 Å². The van der Waals surface area contributed by atoms with Crippen LogP contribution in [0.25, 0.3) is 0 Å². The van der Waals surface area contributed by atoms with Crippen molar-refractivity contribution in [3.8, 4) is 0 Å². The van der Waals surface area contributed by atoms with Crippen LogP contribution in [-0.4, -0.2) is 16.6 Å². The lowest BCUT2D eigenvalue weighted by atomic mass is 9.68. The van der Waals surface area contributed by atoms with Crippen LogP contribution in [0.2, 0.25) is 0 Å². The summed E-state index contributed by atoms with van der Waals surface area (Å²) in [6.45, 7) is 8.51. The molecule has 1 atom stereocenters. The number of aliphatic carboxylic acids is 1. The molecule has 1 fully saturated rings. The first kappa shape index (κ1) is 17.7. The van der Waals surface area contributed by atoms with E-state index in [0.29, 0.717) is 17.8 Å². The molecule has 0 aromatic rings. The fourth-order valence-corrected chi connectivity index (χ4v) is 2.92. The number of halogens is 1. The molecule has 18 heavy (non-hydrogen) atoms. The van der Waals surface area contributed by atoms with Crippen molar-refractivity contribution in [2.45, 2.75) is 65.3 Å². The van der Waals surface area contributed by atoms with Gasteiger partial charge in [0.05, 0.1) is 0 Å². The summed E-state index contributed by atoms with van der Waals surface area (Å²) in [6, 6.07) is 0. The van der Waals surface area contributed by atoms with E-state index in [1.807, 2.05) is 0 Å². The van der Waals surface area contributed by atoms with Gasteiger partial charge < -0.3 is 10.8 Å². The molecular formula is C14H28ClNO2. The predicted octanol–water partition coefficient (Wildman–Crippen LogP) is 3.45. The molecule has 0 saturated heterocycles. The Morgan fingerprint density at radius 2 is 1.61 bits per heavy atom. The minimum absolute atomic E-state index is 0. The highest BCUT2D eigenvalue weighted by molar-refractivity contribution is 5.85. The molecule has 1 aliphatic carbocycles. The minimum atomic E-state index is -1.06. The Morgan fingerprint density at radius 3 is 1.94 bits per heavy atom. The SMILES string of the molecule is CC(N)(CC1CCC(C(C)(C)C)CC1)C(=O)O.Cl. The lowest BCUT2D eigenvalue weighted by Crippen LogP contribution is -2.46. The van der Waals surface area contributed by atoms with Crippen LogP contribution >= 0.6 is 12.4 Å². The first-order chi connectivity index (χ1) is 7.63. The third kappa shape index (κ3) is 4.77. The van der Waals surface area contributed by atoms with Gasteiger partial charge in [-0.1, -0.05) is 33.6 Å². The van der Waals surface area contributed by atoms with Crippen molar-refractivity contribution in [1.82, 2.24) is 0 Å². The van der Waals surface area contributed by atoms with Gasteiger partial charge in [-0.05, 0) is 43.4 Å². The molecule has 0 bridgehead atoms. The number of carboxylic acid groups (broad SMARTS) is 1. The van der Waals surface area contributed by atoms with E-state index in [4.69, 9.17) is 10.8 Å². The van der Waals surface area contributed by atoms with Crippen LogP contribution in [0.4, 0.5) is 0 Å². The van der Waals surface area contributed by atoms with Crippen LogP contribution < -0.4 is 5.73 Å². The van der Waals surface area contributed by atoms with Crippen LogP contribution in [-0.2, 0) is 4.79 Å². The monoisotopic (exact) mass is 277 g/mol. The Balaban J connectivity index is 0.00000289. The molecule has 0 amide bonds. The summed E-state index contributed by atoms with van der Waals surface area (Å²) >= 11 is 0. The second-order valence-corrected chi connectivity index (χ2v) is 7.01. The summed E-state index contributed by atoms with van der Waals surface area (Å²) in [5.74, 6) is 0.378. The highest BCUT2D eigenvalue weighted by Gasteiger charge is 2.35. The standard InChI is InChI=1S/C14H27NO2.ClH/c1-13(2,3)11-7-5-10(6-8-11)9-14(4,15)12(16)17;/h10-11H,5-9,15H2,1-4H3,(H,16,17);1H. The molecule has 1 aliphatic rings. The predicted molar refractivity (Wildman–Crippen MR) is 77.0 cm³/mol. The lowest BCUT2D eigenvalue weighted by Gasteiger charge is -2.38. The van der Waals surface area contributed by atoms with Crippen molar-refractivity contribution in [2.75, 3.05) is 0 Å². The summed E-state index contributed by atoms with van der Waals surface area (Å²) < 4.78 is 0. The van der Waals surface area contributed by atoms with Crippen molar-refractivity contribution in [3.05, 3.63) is 0 Å². The van der Waals surface area contributed by atoms with Gasteiger partial charge in [-0.2, -0.15) is 0 Å². The first-order valence-corrected chi connectivity index (χ1v) is 6.65. The third-order valence-electron chi connectivity index (χ3n) is 4.27. The van der Waals surface area contributed by atoms with Gasteiger partial charge in [0.2, 0.25) is 0 Å². The van der Waals surface area contributed by atoms with E-state index in [0.717, 1.165) is 18.8 Å². The van der Waals surface area contributed by atoms with E-state index in [2.05, 4.69) is 20.8 Å². The van der Waals surface area contributed by atoms with Crippen molar-refractivity contribution < 1.29 is 9.90 Å². The highest BCUT2D eigenvalue weighted by atomic mass is 35.5. The fraction of sp³-hybridized carbons (Fsp3) is 0.929. The van der Waals surface area contributed by atoms with E-state index in [-0.39, 0.29) is 12.4 Å². The number of hydrogen-bond donors (Lipinski definition) is 2. The Hall–Kier alpha value is -0.280. The van der Waals surface area contributed by atoms with Crippen molar-refractivity contribution in [1.29, 1.82) is 0 Å². The normalized spacial score (nSPS) is 28.1. The molecule has 0 aromatic heterocycles. The Morgan fingerprint density at radius 1 is 1.17 bits per heavy atom. The van der Waals surface area contributed by atoms with Crippen LogP contribution in [0.1, 0.15) is 59.8 Å². The Labute approximate surface area is 117 Å². The average molecular weight is 278 g/mol. The van der Waals surface area contributed by atoms with E-state index in [1.165, 1.54) is 12.8 Å². The molecule has 1 rings (SSSR count). The molecular weight excluding hydrogens is 250 g/mol. The first-order valence-electron chi connectivity index (χ1n) is 6.65. The van der Waals surface area contributed by atoms with Crippen molar-refractivity contribution in [2.24, 2.45) is 23.0 Å². The highest BCUT2D eigenvalue weighted by Crippen LogP contribution is 2.41. The van der Waals surface area contributed by atoms with Crippen LogP contribution in [0, 0.1) is 17.3 Å².